The monoisotopic (exact) mass is 263 g/mol. The molecule has 2 aromatic rings. The fourth-order valence-corrected chi connectivity index (χ4v) is 1.60. The molecule has 1 aromatic heterocycles. The highest BCUT2D eigenvalue weighted by atomic mass is 35.5. The van der Waals surface area contributed by atoms with Crippen molar-refractivity contribution < 1.29 is 9.47 Å². The van der Waals surface area contributed by atoms with E-state index in [9.17, 15) is 0 Å². The van der Waals surface area contributed by atoms with Gasteiger partial charge in [-0.2, -0.15) is 0 Å². The van der Waals surface area contributed by atoms with Crippen molar-refractivity contribution in [3.63, 3.8) is 0 Å². The predicted molar refractivity (Wildman–Crippen MR) is 71.3 cm³/mol. The standard InChI is InChI=1S/C14H14ClNO2/c15-14-13(8-4-9-16-14)18-11-5-10-17-12-6-2-1-3-7-12/h1-4,6-9H,5,10-11H2. The first kappa shape index (κ1) is 12.7. The molecule has 4 heteroatoms. The van der Waals surface area contributed by atoms with Gasteiger partial charge < -0.3 is 9.47 Å². The van der Waals surface area contributed by atoms with Crippen LogP contribution in [-0.4, -0.2) is 18.2 Å². The van der Waals surface area contributed by atoms with E-state index in [2.05, 4.69) is 4.98 Å². The van der Waals surface area contributed by atoms with E-state index in [0.717, 1.165) is 12.2 Å². The third-order valence-corrected chi connectivity index (χ3v) is 2.57. The van der Waals surface area contributed by atoms with E-state index in [-0.39, 0.29) is 0 Å². The van der Waals surface area contributed by atoms with Crippen molar-refractivity contribution in [3.05, 3.63) is 53.8 Å². The van der Waals surface area contributed by atoms with Gasteiger partial charge in [0.05, 0.1) is 13.2 Å². The molecule has 1 heterocycles. The van der Waals surface area contributed by atoms with E-state index in [4.69, 9.17) is 21.1 Å². The normalized spacial score (nSPS) is 10.1. The van der Waals surface area contributed by atoms with Crippen molar-refractivity contribution in [1.29, 1.82) is 0 Å². The quantitative estimate of drug-likeness (QED) is 0.590. The summed E-state index contributed by atoms with van der Waals surface area (Å²) in [5, 5.41) is 0.390. The Hall–Kier alpha value is -1.74. The first-order chi connectivity index (χ1) is 8.86. The topological polar surface area (TPSA) is 31.4 Å². The smallest absolute Gasteiger partial charge is 0.171 e. The van der Waals surface area contributed by atoms with Gasteiger partial charge >= 0.3 is 0 Å². The van der Waals surface area contributed by atoms with Crippen LogP contribution in [0.15, 0.2) is 48.7 Å². The fraction of sp³-hybridized carbons (Fsp3) is 0.214. The number of halogens is 1. The molecule has 18 heavy (non-hydrogen) atoms. The Bertz CT molecular complexity index is 476. The number of ether oxygens (including phenoxy) is 2. The number of benzene rings is 1. The summed E-state index contributed by atoms with van der Waals surface area (Å²) < 4.78 is 11.0. The van der Waals surface area contributed by atoms with E-state index >= 15 is 0 Å². The Morgan fingerprint density at radius 3 is 2.50 bits per heavy atom. The molecule has 0 aliphatic heterocycles. The second-order valence-electron chi connectivity index (χ2n) is 3.66. The molecule has 0 radical (unpaired) electrons. The van der Waals surface area contributed by atoms with Crippen LogP contribution in [0.25, 0.3) is 0 Å². The van der Waals surface area contributed by atoms with Gasteiger partial charge in [0.25, 0.3) is 0 Å². The second-order valence-corrected chi connectivity index (χ2v) is 4.01. The van der Waals surface area contributed by atoms with Gasteiger partial charge in [-0.1, -0.05) is 29.8 Å². The molecule has 0 atom stereocenters. The average molecular weight is 264 g/mol. The van der Waals surface area contributed by atoms with Gasteiger partial charge in [0.2, 0.25) is 0 Å². The number of hydrogen-bond acceptors (Lipinski definition) is 3. The maximum Gasteiger partial charge on any atom is 0.171 e. The molecule has 0 bridgehead atoms. The summed E-state index contributed by atoms with van der Waals surface area (Å²) in [7, 11) is 0. The van der Waals surface area contributed by atoms with Gasteiger partial charge in [0.1, 0.15) is 5.75 Å². The zero-order valence-corrected chi connectivity index (χ0v) is 10.6. The zero-order chi connectivity index (χ0) is 12.6. The number of para-hydroxylation sites is 1. The van der Waals surface area contributed by atoms with Gasteiger partial charge in [-0.3, -0.25) is 0 Å². The molecule has 0 spiro atoms. The Kier molecular flexibility index (Phi) is 4.85. The van der Waals surface area contributed by atoms with Crippen LogP contribution in [0.5, 0.6) is 11.5 Å². The molecule has 0 saturated carbocycles. The van der Waals surface area contributed by atoms with Crippen LogP contribution in [0.4, 0.5) is 0 Å². The molecule has 0 aliphatic rings. The summed E-state index contributed by atoms with van der Waals surface area (Å²) >= 11 is 5.87. The molecule has 0 aliphatic carbocycles. The molecule has 0 fully saturated rings. The molecule has 3 nitrogen and oxygen atoms in total. The lowest BCUT2D eigenvalue weighted by Gasteiger charge is -2.08. The molecule has 0 amide bonds. The predicted octanol–water partition coefficient (Wildman–Crippen LogP) is 3.58. The maximum absolute atomic E-state index is 5.87. The van der Waals surface area contributed by atoms with Crippen LogP contribution in [0.3, 0.4) is 0 Å². The summed E-state index contributed by atoms with van der Waals surface area (Å²) in [5.41, 5.74) is 0. The number of pyridine rings is 1. The minimum Gasteiger partial charge on any atom is -0.493 e. The lowest BCUT2D eigenvalue weighted by molar-refractivity contribution is 0.247. The number of nitrogens with zero attached hydrogens (tertiary/aromatic N) is 1. The third kappa shape index (κ3) is 3.93. The van der Waals surface area contributed by atoms with E-state index in [1.54, 1.807) is 18.3 Å². The van der Waals surface area contributed by atoms with Gasteiger partial charge in [-0.15, -0.1) is 0 Å². The third-order valence-electron chi connectivity index (χ3n) is 2.28. The molecular formula is C14H14ClNO2. The highest BCUT2D eigenvalue weighted by molar-refractivity contribution is 6.30. The SMILES string of the molecule is Clc1ncccc1OCCCOc1ccccc1. The first-order valence-corrected chi connectivity index (χ1v) is 6.15. The number of hydrogen-bond donors (Lipinski definition) is 0. The summed E-state index contributed by atoms with van der Waals surface area (Å²) in [6, 6.07) is 13.3. The molecule has 94 valence electrons. The molecule has 0 unspecified atom stereocenters. The zero-order valence-electron chi connectivity index (χ0n) is 9.88. The van der Waals surface area contributed by atoms with Crippen molar-refractivity contribution in [3.8, 4) is 11.5 Å². The number of rotatable bonds is 6. The van der Waals surface area contributed by atoms with Gasteiger partial charge in [0.15, 0.2) is 10.9 Å². The lowest BCUT2D eigenvalue weighted by atomic mass is 10.3. The second kappa shape index (κ2) is 6.87. The molecule has 1 aromatic carbocycles. The summed E-state index contributed by atoms with van der Waals surface area (Å²) in [4.78, 5) is 3.93. The summed E-state index contributed by atoms with van der Waals surface area (Å²) in [5.74, 6) is 1.48. The van der Waals surface area contributed by atoms with Crippen molar-refractivity contribution in [2.45, 2.75) is 6.42 Å². The highest BCUT2D eigenvalue weighted by Crippen LogP contribution is 2.20. The van der Waals surface area contributed by atoms with E-state index in [0.29, 0.717) is 24.1 Å². The first-order valence-electron chi connectivity index (χ1n) is 5.77. The highest BCUT2D eigenvalue weighted by Gasteiger charge is 2.00. The van der Waals surface area contributed by atoms with Crippen LogP contribution >= 0.6 is 11.6 Å². The van der Waals surface area contributed by atoms with Crippen molar-refractivity contribution in [2.75, 3.05) is 13.2 Å². The summed E-state index contributed by atoms with van der Waals surface area (Å²) in [6.07, 6.45) is 2.42. The van der Waals surface area contributed by atoms with Crippen molar-refractivity contribution >= 4 is 11.6 Å². The summed E-state index contributed by atoms with van der Waals surface area (Å²) in [6.45, 7) is 1.17. The van der Waals surface area contributed by atoms with Gasteiger partial charge in [-0.25, -0.2) is 4.98 Å². The molecular weight excluding hydrogens is 250 g/mol. The minimum atomic E-state index is 0.390. The van der Waals surface area contributed by atoms with Gasteiger partial charge in [-0.05, 0) is 24.3 Å². The van der Waals surface area contributed by atoms with Crippen LogP contribution in [0, 0.1) is 0 Å². The van der Waals surface area contributed by atoms with Crippen LogP contribution in [0.2, 0.25) is 5.15 Å². The van der Waals surface area contributed by atoms with Gasteiger partial charge in [0, 0.05) is 12.6 Å². The Morgan fingerprint density at radius 1 is 0.944 bits per heavy atom. The van der Waals surface area contributed by atoms with Crippen LogP contribution in [0.1, 0.15) is 6.42 Å². The van der Waals surface area contributed by atoms with Crippen LogP contribution in [-0.2, 0) is 0 Å². The van der Waals surface area contributed by atoms with Crippen molar-refractivity contribution in [2.24, 2.45) is 0 Å². The lowest BCUT2D eigenvalue weighted by Crippen LogP contribution is -2.05. The van der Waals surface area contributed by atoms with Crippen molar-refractivity contribution in [1.82, 2.24) is 4.98 Å². The van der Waals surface area contributed by atoms with E-state index in [1.165, 1.54) is 0 Å². The van der Waals surface area contributed by atoms with Crippen LogP contribution < -0.4 is 9.47 Å². The molecule has 0 saturated heterocycles. The average Bonchev–Trinajstić information content (AvgIpc) is 2.42. The number of aromatic nitrogens is 1. The Labute approximate surface area is 111 Å². The fourth-order valence-electron chi connectivity index (χ4n) is 1.43. The maximum atomic E-state index is 5.87. The minimum absolute atomic E-state index is 0.390. The van der Waals surface area contributed by atoms with E-state index < -0.39 is 0 Å². The Morgan fingerprint density at radius 2 is 1.72 bits per heavy atom. The molecule has 2 rings (SSSR count). The Balaban J connectivity index is 1.66. The molecule has 0 N–H and O–H groups in total. The largest absolute Gasteiger partial charge is 0.493 e. The van der Waals surface area contributed by atoms with E-state index in [1.807, 2.05) is 30.3 Å².